The summed E-state index contributed by atoms with van der Waals surface area (Å²) in [5.74, 6) is 1.68. The lowest BCUT2D eigenvalue weighted by atomic mass is 10.2. The van der Waals surface area contributed by atoms with E-state index in [1.165, 1.54) is 32.5 Å². The van der Waals surface area contributed by atoms with Crippen molar-refractivity contribution in [2.24, 2.45) is 0 Å². The highest BCUT2D eigenvalue weighted by atomic mass is 35.5. The number of halogens is 1. The minimum absolute atomic E-state index is 0.582. The molecule has 1 aromatic carbocycles. The lowest BCUT2D eigenvalue weighted by Crippen LogP contribution is -2.28. The first-order chi connectivity index (χ1) is 12.2. The molecule has 1 saturated heterocycles. The molecular formula is C19H24ClN5. The molecule has 0 spiro atoms. The number of hydrogen-bond donors (Lipinski definition) is 1. The highest BCUT2D eigenvalue weighted by molar-refractivity contribution is 6.30. The molecule has 5 nitrogen and oxygen atoms in total. The predicted molar refractivity (Wildman–Crippen MR) is 103 cm³/mol. The Labute approximate surface area is 153 Å². The number of rotatable bonds is 5. The Morgan fingerprint density at radius 1 is 1.00 bits per heavy atom. The minimum atomic E-state index is 0.582. The van der Waals surface area contributed by atoms with Gasteiger partial charge in [-0.3, -0.25) is 0 Å². The van der Waals surface area contributed by atoms with Gasteiger partial charge in [0, 0.05) is 29.9 Å². The van der Waals surface area contributed by atoms with E-state index < -0.39 is 0 Å². The number of hydrogen-bond acceptors (Lipinski definition) is 5. The van der Waals surface area contributed by atoms with E-state index in [0.29, 0.717) is 11.0 Å². The van der Waals surface area contributed by atoms with Crippen LogP contribution in [0.4, 0.5) is 11.5 Å². The molecule has 2 aromatic rings. The maximum atomic E-state index is 6.45. The molecule has 0 atom stereocenters. The first-order valence-electron chi connectivity index (χ1n) is 9.10. The summed E-state index contributed by atoms with van der Waals surface area (Å²) in [4.78, 5) is 14.2. The van der Waals surface area contributed by atoms with Crippen LogP contribution in [0.15, 0.2) is 24.3 Å². The fraction of sp³-hybridized carbons (Fsp3) is 0.474. The Morgan fingerprint density at radius 2 is 1.76 bits per heavy atom. The number of nitrogens with zero attached hydrogens (tertiary/aromatic N) is 4. The molecule has 1 fully saturated rings. The molecule has 0 saturated carbocycles. The Hall–Kier alpha value is -1.85. The van der Waals surface area contributed by atoms with Crippen molar-refractivity contribution in [3.63, 3.8) is 0 Å². The first kappa shape index (κ1) is 16.6. The van der Waals surface area contributed by atoms with Crippen LogP contribution in [0.25, 0.3) is 11.4 Å². The summed E-state index contributed by atoms with van der Waals surface area (Å²) < 4.78 is 0. The second-order valence-corrected chi connectivity index (χ2v) is 7.26. The van der Waals surface area contributed by atoms with E-state index in [9.17, 15) is 0 Å². The van der Waals surface area contributed by atoms with Crippen LogP contribution in [0.5, 0.6) is 0 Å². The van der Waals surface area contributed by atoms with Gasteiger partial charge in [-0.1, -0.05) is 11.6 Å². The predicted octanol–water partition coefficient (Wildman–Crippen LogP) is 3.23. The van der Waals surface area contributed by atoms with Crippen molar-refractivity contribution in [3.05, 3.63) is 35.0 Å². The zero-order chi connectivity index (χ0) is 17.2. The lowest BCUT2D eigenvalue weighted by molar-refractivity contribution is 0.335. The van der Waals surface area contributed by atoms with Gasteiger partial charge in [-0.25, -0.2) is 9.97 Å². The van der Waals surface area contributed by atoms with Gasteiger partial charge in [-0.2, -0.15) is 0 Å². The fourth-order valence-electron chi connectivity index (χ4n) is 3.75. The SMILES string of the molecule is Nc1ccc(-c2nc(Cl)c3c(n2)N(CCCN2CCCC2)CC3)cc1. The van der Waals surface area contributed by atoms with Crippen molar-refractivity contribution in [2.75, 3.05) is 43.4 Å². The van der Waals surface area contributed by atoms with Gasteiger partial charge in [0.05, 0.1) is 0 Å². The second-order valence-electron chi connectivity index (χ2n) is 6.90. The van der Waals surface area contributed by atoms with Crippen LogP contribution in [0.1, 0.15) is 24.8 Å². The van der Waals surface area contributed by atoms with Crippen molar-refractivity contribution in [1.82, 2.24) is 14.9 Å². The highest BCUT2D eigenvalue weighted by Gasteiger charge is 2.25. The summed E-state index contributed by atoms with van der Waals surface area (Å²) >= 11 is 6.45. The monoisotopic (exact) mass is 357 g/mol. The zero-order valence-electron chi connectivity index (χ0n) is 14.4. The van der Waals surface area contributed by atoms with Gasteiger partial charge >= 0.3 is 0 Å². The van der Waals surface area contributed by atoms with Crippen LogP contribution in [0.2, 0.25) is 5.15 Å². The summed E-state index contributed by atoms with van der Waals surface area (Å²) in [5, 5.41) is 0.582. The number of aromatic nitrogens is 2. The topological polar surface area (TPSA) is 58.3 Å². The molecule has 4 rings (SSSR count). The average Bonchev–Trinajstić information content (AvgIpc) is 3.26. The molecule has 0 unspecified atom stereocenters. The Balaban J connectivity index is 1.50. The van der Waals surface area contributed by atoms with Gasteiger partial charge in [-0.15, -0.1) is 0 Å². The summed E-state index contributed by atoms with van der Waals surface area (Å²) in [7, 11) is 0. The van der Waals surface area contributed by atoms with Crippen molar-refractivity contribution in [2.45, 2.75) is 25.7 Å². The van der Waals surface area contributed by atoms with E-state index in [1.54, 1.807) is 0 Å². The van der Waals surface area contributed by atoms with E-state index in [1.807, 2.05) is 24.3 Å². The molecule has 0 bridgehead atoms. The largest absolute Gasteiger partial charge is 0.399 e. The highest BCUT2D eigenvalue weighted by Crippen LogP contribution is 2.33. The van der Waals surface area contributed by atoms with E-state index >= 15 is 0 Å². The average molecular weight is 358 g/mol. The maximum Gasteiger partial charge on any atom is 0.163 e. The van der Waals surface area contributed by atoms with Gasteiger partial charge in [0.15, 0.2) is 5.82 Å². The minimum Gasteiger partial charge on any atom is -0.399 e. The molecule has 1 aromatic heterocycles. The van der Waals surface area contributed by atoms with Gasteiger partial charge in [0.2, 0.25) is 0 Å². The van der Waals surface area contributed by atoms with Gasteiger partial charge in [0.1, 0.15) is 11.0 Å². The molecule has 2 aliphatic rings. The number of fused-ring (bicyclic) bond motifs is 1. The third-order valence-corrected chi connectivity index (χ3v) is 5.45. The number of likely N-dealkylation sites (tertiary alicyclic amines) is 1. The van der Waals surface area contributed by atoms with Crippen molar-refractivity contribution in [1.29, 1.82) is 0 Å². The molecule has 2 aliphatic heterocycles. The smallest absolute Gasteiger partial charge is 0.163 e. The van der Waals surface area contributed by atoms with Crippen LogP contribution in [0, 0.1) is 0 Å². The Kier molecular flexibility index (Phi) is 4.77. The molecular weight excluding hydrogens is 334 g/mol. The van der Waals surface area contributed by atoms with Crippen LogP contribution >= 0.6 is 11.6 Å². The Bertz CT molecular complexity index is 740. The second kappa shape index (κ2) is 7.18. The van der Waals surface area contributed by atoms with Crippen LogP contribution in [-0.4, -0.2) is 47.6 Å². The molecule has 132 valence electrons. The number of nitrogens with two attached hydrogens (primary N) is 1. The van der Waals surface area contributed by atoms with E-state index in [4.69, 9.17) is 22.3 Å². The normalized spacial score (nSPS) is 17.2. The quantitative estimate of drug-likeness (QED) is 0.657. The standard InChI is InChI=1S/C19H24ClN5/c20-17-16-8-13-25(12-3-11-24-9-1-2-10-24)19(16)23-18(22-17)14-4-6-15(21)7-5-14/h4-7H,1-3,8-13,21H2. The third-order valence-electron chi connectivity index (χ3n) is 5.14. The molecule has 3 heterocycles. The molecule has 0 radical (unpaired) electrons. The molecule has 6 heteroatoms. The van der Waals surface area contributed by atoms with E-state index in [-0.39, 0.29) is 0 Å². The van der Waals surface area contributed by atoms with Crippen LogP contribution in [-0.2, 0) is 6.42 Å². The third kappa shape index (κ3) is 3.58. The van der Waals surface area contributed by atoms with Crippen molar-refractivity contribution in [3.8, 4) is 11.4 Å². The van der Waals surface area contributed by atoms with Gasteiger partial charge < -0.3 is 15.5 Å². The lowest BCUT2D eigenvalue weighted by Gasteiger charge is -2.21. The number of anilines is 2. The molecule has 25 heavy (non-hydrogen) atoms. The first-order valence-corrected chi connectivity index (χ1v) is 9.48. The summed E-state index contributed by atoms with van der Waals surface area (Å²) in [6, 6.07) is 7.63. The van der Waals surface area contributed by atoms with Crippen LogP contribution < -0.4 is 10.6 Å². The summed E-state index contributed by atoms with van der Waals surface area (Å²) in [5.41, 5.74) is 8.54. The van der Waals surface area contributed by atoms with E-state index in [0.717, 1.165) is 48.6 Å². The molecule has 0 amide bonds. The number of benzene rings is 1. The van der Waals surface area contributed by atoms with Crippen molar-refractivity contribution < 1.29 is 0 Å². The van der Waals surface area contributed by atoms with Crippen LogP contribution in [0.3, 0.4) is 0 Å². The van der Waals surface area contributed by atoms with Crippen molar-refractivity contribution >= 4 is 23.1 Å². The molecule has 2 N–H and O–H groups in total. The van der Waals surface area contributed by atoms with Gasteiger partial charge in [0.25, 0.3) is 0 Å². The fourth-order valence-corrected chi connectivity index (χ4v) is 4.00. The maximum absolute atomic E-state index is 6.45. The van der Waals surface area contributed by atoms with Gasteiger partial charge in [-0.05, 0) is 69.6 Å². The van der Waals surface area contributed by atoms with E-state index in [2.05, 4.69) is 14.8 Å². The zero-order valence-corrected chi connectivity index (χ0v) is 15.2. The summed E-state index contributed by atoms with van der Waals surface area (Å²) in [6.07, 6.45) is 4.79. The summed E-state index contributed by atoms with van der Waals surface area (Å²) in [6.45, 7) is 5.69. The Morgan fingerprint density at radius 3 is 2.52 bits per heavy atom. The number of nitrogen functional groups attached to an aromatic ring is 1. The molecule has 0 aliphatic carbocycles.